The van der Waals surface area contributed by atoms with Crippen molar-refractivity contribution < 1.29 is 8.78 Å². The van der Waals surface area contributed by atoms with Crippen LogP contribution >= 0.6 is 11.6 Å². The standard InChI is InChI=1S/C12H7ClF2N6/c13-10-18-11(17-9-5-7(14)4-8(15)6-9)20-12(19-10)21-3-1-2-16-21/h1-6H,(H,17,18,19,20). The zero-order chi connectivity index (χ0) is 14.8. The molecule has 1 N–H and O–H groups in total. The summed E-state index contributed by atoms with van der Waals surface area (Å²) in [6.45, 7) is 0. The average molecular weight is 309 g/mol. The first kappa shape index (κ1) is 13.4. The Morgan fingerprint density at radius 1 is 1.05 bits per heavy atom. The Balaban J connectivity index is 1.95. The molecular formula is C12H7ClF2N6. The molecule has 0 aliphatic rings. The predicted molar refractivity (Wildman–Crippen MR) is 71.6 cm³/mol. The largest absolute Gasteiger partial charge is 0.324 e. The van der Waals surface area contributed by atoms with Gasteiger partial charge in [0.05, 0.1) is 0 Å². The SMILES string of the molecule is Fc1cc(F)cc(Nc2nc(Cl)nc(-n3cccn3)n2)c1. The highest BCUT2D eigenvalue weighted by Gasteiger charge is 2.08. The van der Waals surface area contributed by atoms with Gasteiger partial charge in [0.2, 0.25) is 11.2 Å². The van der Waals surface area contributed by atoms with Gasteiger partial charge in [-0.15, -0.1) is 0 Å². The minimum atomic E-state index is -0.718. The molecule has 21 heavy (non-hydrogen) atoms. The van der Waals surface area contributed by atoms with Crippen LogP contribution in [-0.4, -0.2) is 24.7 Å². The molecular weight excluding hydrogens is 302 g/mol. The molecule has 0 aliphatic heterocycles. The number of rotatable bonds is 3. The fourth-order valence-electron chi connectivity index (χ4n) is 1.64. The summed E-state index contributed by atoms with van der Waals surface area (Å²) in [5.74, 6) is -1.21. The second-order valence-electron chi connectivity index (χ2n) is 3.96. The van der Waals surface area contributed by atoms with Crippen LogP contribution in [0.2, 0.25) is 5.28 Å². The first-order valence-electron chi connectivity index (χ1n) is 5.75. The third kappa shape index (κ3) is 3.11. The van der Waals surface area contributed by atoms with E-state index in [1.807, 2.05) is 0 Å². The third-order valence-corrected chi connectivity index (χ3v) is 2.59. The van der Waals surface area contributed by atoms with E-state index in [1.165, 1.54) is 4.68 Å². The molecule has 106 valence electrons. The zero-order valence-corrected chi connectivity index (χ0v) is 11.1. The lowest BCUT2D eigenvalue weighted by molar-refractivity contribution is 0.584. The second kappa shape index (κ2) is 5.41. The minimum Gasteiger partial charge on any atom is -0.324 e. The molecule has 0 spiro atoms. The lowest BCUT2D eigenvalue weighted by Crippen LogP contribution is -2.07. The van der Waals surface area contributed by atoms with Gasteiger partial charge in [-0.3, -0.25) is 0 Å². The van der Waals surface area contributed by atoms with Crippen molar-refractivity contribution in [3.8, 4) is 5.95 Å². The van der Waals surface area contributed by atoms with Gasteiger partial charge in [-0.05, 0) is 29.8 Å². The molecule has 6 nitrogen and oxygen atoms in total. The van der Waals surface area contributed by atoms with E-state index in [9.17, 15) is 8.78 Å². The number of nitrogens with zero attached hydrogens (tertiary/aromatic N) is 5. The van der Waals surface area contributed by atoms with Crippen molar-refractivity contribution in [3.05, 3.63) is 53.6 Å². The van der Waals surface area contributed by atoms with Crippen LogP contribution in [0.15, 0.2) is 36.7 Å². The maximum atomic E-state index is 13.1. The Bertz CT molecular complexity index is 757. The molecule has 0 saturated heterocycles. The van der Waals surface area contributed by atoms with E-state index in [4.69, 9.17) is 11.6 Å². The van der Waals surface area contributed by atoms with Gasteiger partial charge in [-0.1, -0.05) is 0 Å². The molecule has 0 aliphatic carbocycles. The highest BCUT2D eigenvalue weighted by atomic mass is 35.5. The van der Waals surface area contributed by atoms with Crippen molar-refractivity contribution in [2.45, 2.75) is 0 Å². The second-order valence-corrected chi connectivity index (χ2v) is 4.30. The summed E-state index contributed by atoms with van der Waals surface area (Å²) < 4.78 is 27.7. The van der Waals surface area contributed by atoms with Gasteiger partial charge < -0.3 is 5.32 Å². The summed E-state index contributed by atoms with van der Waals surface area (Å²) in [6, 6.07) is 4.66. The van der Waals surface area contributed by atoms with Gasteiger partial charge in [0.25, 0.3) is 5.95 Å². The Kier molecular flexibility index (Phi) is 3.44. The minimum absolute atomic E-state index is 0.0468. The molecule has 9 heteroatoms. The molecule has 0 saturated carbocycles. The Labute approximate surface area is 122 Å². The fourth-order valence-corrected chi connectivity index (χ4v) is 1.80. The predicted octanol–water partition coefficient (Wildman–Crippen LogP) is 2.73. The van der Waals surface area contributed by atoms with Gasteiger partial charge in [0, 0.05) is 24.1 Å². The van der Waals surface area contributed by atoms with Crippen LogP contribution in [-0.2, 0) is 0 Å². The van der Waals surface area contributed by atoms with Crippen molar-refractivity contribution in [1.82, 2.24) is 24.7 Å². The average Bonchev–Trinajstić information content (AvgIpc) is 2.90. The molecule has 2 aromatic heterocycles. The van der Waals surface area contributed by atoms with Crippen LogP contribution in [0.3, 0.4) is 0 Å². The van der Waals surface area contributed by atoms with Crippen molar-refractivity contribution in [3.63, 3.8) is 0 Å². The maximum absolute atomic E-state index is 13.1. The van der Waals surface area contributed by atoms with E-state index >= 15 is 0 Å². The van der Waals surface area contributed by atoms with Gasteiger partial charge in [0.15, 0.2) is 0 Å². The molecule has 0 atom stereocenters. The molecule has 0 amide bonds. The number of anilines is 2. The molecule has 3 rings (SSSR count). The number of halogens is 3. The first-order chi connectivity index (χ1) is 10.1. The summed E-state index contributed by atoms with van der Waals surface area (Å²) in [4.78, 5) is 11.8. The van der Waals surface area contributed by atoms with E-state index in [1.54, 1.807) is 18.5 Å². The van der Waals surface area contributed by atoms with Gasteiger partial charge >= 0.3 is 0 Å². The number of aromatic nitrogens is 5. The number of nitrogens with one attached hydrogen (secondary N) is 1. The van der Waals surface area contributed by atoms with Gasteiger partial charge in [-0.2, -0.15) is 20.1 Å². The number of hydrogen-bond acceptors (Lipinski definition) is 5. The van der Waals surface area contributed by atoms with Crippen LogP contribution in [0.1, 0.15) is 0 Å². The number of hydrogen-bond donors (Lipinski definition) is 1. The smallest absolute Gasteiger partial charge is 0.256 e. The fraction of sp³-hybridized carbons (Fsp3) is 0. The summed E-state index contributed by atoms with van der Waals surface area (Å²) in [7, 11) is 0. The third-order valence-electron chi connectivity index (χ3n) is 2.42. The van der Waals surface area contributed by atoms with Crippen LogP contribution < -0.4 is 5.32 Å². The highest BCUT2D eigenvalue weighted by molar-refractivity contribution is 6.28. The molecule has 3 aromatic rings. The molecule has 1 aromatic carbocycles. The van der Waals surface area contributed by atoms with E-state index < -0.39 is 11.6 Å². The van der Waals surface area contributed by atoms with Crippen LogP contribution in [0.5, 0.6) is 0 Å². The van der Waals surface area contributed by atoms with Crippen molar-refractivity contribution in [1.29, 1.82) is 0 Å². The van der Waals surface area contributed by atoms with Gasteiger partial charge in [0.1, 0.15) is 11.6 Å². The lowest BCUT2D eigenvalue weighted by atomic mass is 10.3. The Hall–Kier alpha value is -2.61. The van der Waals surface area contributed by atoms with E-state index in [0.29, 0.717) is 0 Å². The Morgan fingerprint density at radius 3 is 2.48 bits per heavy atom. The lowest BCUT2D eigenvalue weighted by Gasteiger charge is -2.07. The first-order valence-corrected chi connectivity index (χ1v) is 6.13. The van der Waals surface area contributed by atoms with Crippen molar-refractivity contribution >= 4 is 23.2 Å². The summed E-state index contributed by atoms with van der Waals surface area (Å²) in [6.07, 6.45) is 3.17. The van der Waals surface area contributed by atoms with Crippen LogP contribution in [0, 0.1) is 11.6 Å². The monoisotopic (exact) mass is 308 g/mol. The Morgan fingerprint density at radius 2 is 1.81 bits per heavy atom. The number of benzene rings is 1. The highest BCUT2D eigenvalue weighted by Crippen LogP contribution is 2.18. The van der Waals surface area contributed by atoms with Crippen LogP contribution in [0.25, 0.3) is 5.95 Å². The van der Waals surface area contributed by atoms with Crippen LogP contribution in [0.4, 0.5) is 20.4 Å². The summed E-state index contributed by atoms with van der Waals surface area (Å²) in [5, 5.41) is 6.55. The van der Waals surface area contributed by atoms with Crippen molar-refractivity contribution in [2.75, 3.05) is 5.32 Å². The molecule has 0 unspecified atom stereocenters. The van der Waals surface area contributed by atoms with Gasteiger partial charge in [-0.25, -0.2) is 13.5 Å². The topological polar surface area (TPSA) is 68.5 Å². The summed E-state index contributed by atoms with van der Waals surface area (Å²) in [5.41, 5.74) is 0.154. The van der Waals surface area contributed by atoms with E-state index in [0.717, 1.165) is 18.2 Å². The molecule has 0 fully saturated rings. The molecule has 0 bridgehead atoms. The normalized spacial score (nSPS) is 10.6. The molecule has 2 heterocycles. The molecule has 0 radical (unpaired) electrons. The van der Waals surface area contributed by atoms with E-state index in [2.05, 4.69) is 25.4 Å². The quantitative estimate of drug-likeness (QED) is 0.805. The zero-order valence-electron chi connectivity index (χ0n) is 10.3. The van der Waals surface area contributed by atoms with Crippen molar-refractivity contribution in [2.24, 2.45) is 0 Å². The maximum Gasteiger partial charge on any atom is 0.256 e. The summed E-state index contributed by atoms with van der Waals surface area (Å²) >= 11 is 5.80. The van der Waals surface area contributed by atoms with E-state index in [-0.39, 0.29) is 22.9 Å².